The molecule has 4 aromatic rings. The Kier molecular flexibility index (Phi) is 5.91. The van der Waals surface area contributed by atoms with Crippen molar-refractivity contribution in [2.45, 2.75) is 25.5 Å². The molecule has 1 saturated heterocycles. The molecule has 0 amide bonds. The number of benzene rings is 3. The van der Waals surface area contributed by atoms with Gasteiger partial charge in [-0.2, -0.15) is 0 Å². The number of aromatic nitrogens is 1. The highest BCUT2D eigenvalue weighted by Crippen LogP contribution is 2.32. The van der Waals surface area contributed by atoms with E-state index in [4.69, 9.17) is 9.57 Å². The van der Waals surface area contributed by atoms with E-state index in [0.717, 1.165) is 22.9 Å². The summed E-state index contributed by atoms with van der Waals surface area (Å²) >= 11 is 0. The fourth-order valence-corrected chi connectivity index (χ4v) is 4.23. The molecule has 1 atom stereocenters. The number of Topliss-reactive ketones (excluding diaryl/α,β-unsaturated/α-hetero) is 1. The number of hydrogen-bond donors (Lipinski definition) is 1. The van der Waals surface area contributed by atoms with Gasteiger partial charge in [0.05, 0.1) is 10.9 Å². The van der Waals surface area contributed by atoms with Crippen LogP contribution in [-0.2, 0) is 11.4 Å². The molecule has 5 rings (SSSR count). The zero-order valence-electron chi connectivity index (χ0n) is 18.1. The van der Waals surface area contributed by atoms with Gasteiger partial charge in [0.15, 0.2) is 5.78 Å². The number of hydrogen-bond acceptors (Lipinski definition) is 5. The molecule has 1 aliphatic rings. The van der Waals surface area contributed by atoms with Gasteiger partial charge in [0.2, 0.25) is 0 Å². The van der Waals surface area contributed by atoms with Crippen molar-refractivity contribution in [3.05, 3.63) is 102 Å². The molecule has 0 radical (unpaired) electrons. The van der Waals surface area contributed by atoms with E-state index in [2.05, 4.69) is 4.98 Å². The summed E-state index contributed by atoms with van der Waals surface area (Å²) in [6.45, 7) is 0.928. The quantitative estimate of drug-likeness (QED) is 0.402. The highest BCUT2D eigenvalue weighted by molar-refractivity contribution is 6.12. The second-order valence-electron chi connectivity index (χ2n) is 8.06. The number of nitrogens with zero attached hydrogens (tertiary/aromatic N) is 1. The number of rotatable bonds is 7. The molecule has 0 bridgehead atoms. The maximum Gasteiger partial charge on any atom is 0.357 e. The molecule has 1 fully saturated rings. The maximum absolute atomic E-state index is 13.6. The highest BCUT2D eigenvalue weighted by Gasteiger charge is 2.36. The molecule has 3 aromatic carbocycles. The van der Waals surface area contributed by atoms with Crippen LogP contribution in [0.15, 0.2) is 85.1 Å². The summed E-state index contributed by atoms with van der Waals surface area (Å²) in [6, 6.07) is 23.9. The van der Waals surface area contributed by atoms with Crippen LogP contribution in [0, 0.1) is 0 Å². The molecule has 1 N–H and O–H groups in total. The Morgan fingerprint density at radius 1 is 0.939 bits per heavy atom. The van der Waals surface area contributed by atoms with Gasteiger partial charge in [-0.25, -0.2) is 4.79 Å². The maximum atomic E-state index is 13.6. The monoisotopic (exact) mass is 440 g/mol. The van der Waals surface area contributed by atoms with Crippen LogP contribution in [0.25, 0.3) is 10.9 Å². The van der Waals surface area contributed by atoms with Crippen molar-refractivity contribution in [1.82, 2.24) is 10.0 Å². The van der Waals surface area contributed by atoms with Crippen molar-refractivity contribution in [3.63, 3.8) is 0 Å². The van der Waals surface area contributed by atoms with Crippen molar-refractivity contribution in [2.75, 3.05) is 6.54 Å². The lowest BCUT2D eigenvalue weighted by atomic mass is 10.0. The van der Waals surface area contributed by atoms with Crippen molar-refractivity contribution < 1.29 is 19.2 Å². The van der Waals surface area contributed by atoms with Crippen LogP contribution in [-0.4, -0.2) is 34.4 Å². The van der Waals surface area contributed by atoms with Gasteiger partial charge in [0, 0.05) is 23.8 Å². The summed E-state index contributed by atoms with van der Waals surface area (Å²) in [6.07, 6.45) is 3.12. The number of nitrogens with one attached hydrogen (secondary N) is 1. The van der Waals surface area contributed by atoms with E-state index < -0.39 is 12.0 Å². The lowest BCUT2D eigenvalue weighted by Crippen LogP contribution is -2.37. The predicted octanol–water partition coefficient (Wildman–Crippen LogP) is 5.17. The minimum atomic E-state index is -0.529. The number of aromatic amines is 1. The van der Waals surface area contributed by atoms with Crippen molar-refractivity contribution in [3.8, 4) is 5.75 Å². The first kappa shape index (κ1) is 21.0. The number of H-pyrrole nitrogens is 1. The Hall–Kier alpha value is -3.90. The molecule has 0 aliphatic carbocycles. The number of ether oxygens (including phenoxy) is 1. The summed E-state index contributed by atoms with van der Waals surface area (Å²) < 4.78 is 6.10. The molecular weight excluding hydrogens is 416 g/mol. The minimum absolute atomic E-state index is 0.0876. The fraction of sp³-hybridized carbons (Fsp3) is 0.185. The van der Waals surface area contributed by atoms with E-state index in [0.29, 0.717) is 36.4 Å². The highest BCUT2D eigenvalue weighted by atomic mass is 16.7. The van der Waals surface area contributed by atoms with Crippen LogP contribution < -0.4 is 4.74 Å². The van der Waals surface area contributed by atoms with Crippen LogP contribution >= 0.6 is 0 Å². The molecular formula is C27H24N2O4. The average Bonchev–Trinajstić information content (AvgIpc) is 3.51. The van der Waals surface area contributed by atoms with Gasteiger partial charge in [-0.15, -0.1) is 5.06 Å². The first-order valence-corrected chi connectivity index (χ1v) is 11.1. The van der Waals surface area contributed by atoms with E-state index in [9.17, 15) is 9.59 Å². The van der Waals surface area contributed by atoms with Crippen molar-refractivity contribution in [1.29, 1.82) is 0 Å². The van der Waals surface area contributed by atoms with Gasteiger partial charge in [-0.3, -0.25) is 4.79 Å². The van der Waals surface area contributed by atoms with Crippen LogP contribution in [0.5, 0.6) is 5.75 Å². The molecule has 0 spiro atoms. The molecule has 6 nitrogen and oxygen atoms in total. The van der Waals surface area contributed by atoms with E-state index in [-0.39, 0.29) is 5.78 Å². The van der Waals surface area contributed by atoms with Gasteiger partial charge in [0.25, 0.3) is 0 Å². The van der Waals surface area contributed by atoms with E-state index in [1.54, 1.807) is 30.5 Å². The van der Waals surface area contributed by atoms with Gasteiger partial charge in [-0.05, 0) is 42.7 Å². The number of fused-ring (bicyclic) bond motifs is 1. The lowest BCUT2D eigenvalue weighted by molar-refractivity contribution is -0.109. The lowest BCUT2D eigenvalue weighted by Gasteiger charge is -2.22. The Balaban J connectivity index is 1.38. The molecule has 0 unspecified atom stereocenters. The molecule has 2 heterocycles. The van der Waals surface area contributed by atoms with Crippen LogP contribution in [0.2, 0.25) is 0 Å². The van der Waals surface area contributed by atoms with Gasteiger partial charge >= 0.3 is 5.97 Å². The summed E-state index contributed by atoms with van der Waals surface area (Å²) in [5, 5.41) is 2.27. The molecule has 166 valence electrons. The van der Waals surface area contributed by atoms with Gasteiger partial charge in [-0.1, -0.05) is 54.6 Å². The Morgan fingerprint density at radius 3 is 2.48 bits per heavy atom. The van der Waals surface area contributed by atoms with Gasteiger partial charge in [0.1, 0.15) is 18.4 Å². The summed E-state index contributed by atoms with van der Waals surface area (Å²) in [5.41, 5.74) is 2.88. The molecule has 0 saturated carbocycles. The summed E-state index contributed by atoms with van der Waals surface area (Å²) in [4.78, 5) is 34.9. The second kappa shape index (κ2) is 9.30. The van der Waals surface area contributed by atoms with E-state index in [1.165, 1.54) is 5.06 Å². The third-order valence-electron chi connectivity index (χ3n) is 5.89. The minimum Gasteiger partial charge on any atom is -0.488 e. The van der Waals surface area contributed by atoms with Crippen LogP contribution in [0.4, 0.5) is 0 Å². The zero-order chi connectivity index (χ0) is 22.6. The van der Waals surface area contributed by atoms with Gasteiger partial charge < -0.3 is 14.6 Å². The third-order valence-corrected chi connectivity index (χ3v) is 5.89. The molecule has 6 heteroatoms. The number of carbonyl (C=O) groups is 2. The summed E-state index contributed by atoms with van der Waals surface area (Å²) in [7, 11) is 0. The molecule has 1 aromatic heterocycles. The SMILES string of the molecule is O=C(ON1CCC[C@@H]1C(=O)c1c[nH]c2cccc(OCc3ccccc3)c12)c1ccccc1. The van der Waals surface area contributed by atoms with Crippen molar-refractivity contribution >= 4 is 22.7 Å². The second-order valence-corrected chi connectivity index (χ2v) is 8.06. The van der Waals surface area contributed by atoms with Crippen LogP contribution in [0.3, 0.4) is 0 Å². The normalized spacial score (nSPS) is 16.1. The number of carbonyl (C=O) groups excluding carboxylic acids is 2. The fourth-order valence-electron chi connectivity index (χ4n) is 4.23. The Bertz CT molecular complexity index is 1270. The largest absolute Gasteiger partial charge is 0.488 e. The number of hydroxylamine groups is 2. The topological polar surface area (TPSA) is 71.6 Å². The third kappa shape index (κ3) is 4.38. The number of ketones is 1. The Morgan fingerprint density at radius 2 is 1.70 bits per heavy atom. The predicted molar refractivity (Wildman–Crippen MR) is 125 cm³/mol. The smallest absolute Gasteiger partial charge is 0.357 e. The first-order chi connectivity index (χ1) is 16.2. The van der Waals surface area contributed by atoms with Crippen LogP contribution in [0.1, 0.15) is 39.1 Å². The molecule has 33 heavy (non-hydrogen) atoms. The zero-order valence-corrected chi connectivity index (χ0v) is 18.1. The molecule has 1 aliphatic heterocycles. The first-order valence-electron chi connectivity index (χ1n) is 11.1. The summed E-state index contributed by atoms with van der Waals surface area (Å²) in [5.74, 6) is 0.100. The Labute approximate surface area is 191 Å². The average molecular weight is 440 g/mol. The van der Waals surface area contributed by atoms with E-state index >= 15 is 0 Å². The standard InChI is InChI=1S/C27H24N2O4/c30-26(23-14-8-16-29(23)33-27(31)20-11-5-2-6-12-20)21-17-28-22-13-7-15-24(25(21)22)32-18-19-9-3-1-4-10-19/h1-7,9-13,15,17,23,28H,8,14,16,18H2/t23-/m1/s1. The van der Waals surface area contributed by atoms with E-state index in [1.807, 2.05) is 54.6 Å². The van der Waals surface area contributed by atoms with Crippen molar-refractivity contribution in [2.24, 2.45) is 0 Å².